The first-order chi connectivity index (χ1) is 16.1. The number of carboxylic acids is 2. The van der Waals surface area contributed by atoms with E-state index in [1.807, 2.05) is 0 Å². The van der Waals surface area contributed by atoms with Crippen molar-refractivity contribution < 1.29 is 57.9 Å². The van der Waals surface area contributed by atoms with Crippen molar-refractivity contribution in [3.63, 3.8) is 0 Å². The second-order valence-electron chi connectivity index (χ2n) is 6.07. The van der Waals surface area contributed by atoms with E-state index in [-0.39, 0.29) is 22.3 Å². The summed E-state index contributed by atoms with van der Waals surface area (Å²) in [5.74, 6) is -4.97. The molecule has 34 heavy (non-hydrogen) atoms. The Labute approximate surface area is 192 Å². The largest absolute Gasteiger partial charge is 0.478 e. The minimum absolute atomic E-state index is 0.0833. The molecule has 0 heterocycles. The molecule has 2 aromatic rings. The monoisotopic (exact) mass is 476 g/mol. The average molecular weight is 476 g/mol. The number of hydrogen-bond donors (Lipinski definition) is 2. The molecule has 0 fully saturated rings. The van der Waals surface area contributed by atoms with Crippen LogP contribution in [0, 0.1) is 0 Å². The van der Waals surface area contributed by atoms with Gasteiger partial charge in [-0.15, -0.1) is 0 Å². The molecule has 0 atom stereocenters. The molecular weight excluding hydrogens is 456 g/mol. The lowest BCUT2D eigenvalue weighted by atomic mass is 10.1. The Hall–Kier alpha value is -4.74. The summed E-state index contributed by atoms with van der Waals surface area (Å²) in [6.45, 7) is -1.00. The lowest BCUT2D eigenvalue weighted by Gasteiger charge is -2.05. The van der Waals surface area contributed by atoms with Crippen LogP contribution in [0.1, 0.15) is 41.4 Å². The molecule has 0 aliphatic rings. The summed E-state index contributed by atoms with van der Waals surface area (Å²) in [6.07, 6.45) is 0. The standard InChI is InChI=1S/C14H14O8.C8H6O4/c1-19-11(15)7-21-13(17)9-3-5-10(6-4-9)14(18)22-8-12(16)20-2;9-7(10)5-1-2-6(4-3-5)8(11)12/h3-6H,7-8H2,1-2H3;1-4H,(H,9,10)(H,11,12). The van der Waals surface area contributed by atoms with E-state index in [4.69, 9.17) is 10.2 Å². The fraction of sp³-hybridized carbons (Fsp3) is 0.182. The van der Waals surface area contributed by atoms with Gasteiger partial charge < -0.3 is 29.2 Å². The van der Waals surface area contributed by atoms with Gasteiger partial charge in [0.05, 0.1) is 36.5 Å². The van der Waals surface area contributed by atoms with Crippen molar-refractivity contribution in [3.8, 4) is 0 Å². The quantitative estimate of drug-likeness (QED) is 0.414. The average Bonchev–Trinajstić information content (AvgIpc) is 2.85. The summed E-state index contributed by atoms with van der Waals surface area (Å²) >= 11 is 0. The number of hydrogen-bond acceptors (Lipinski definition) is 10. The second kappa shape index (κ2) is 13.6. The predicted molar refractivity (Wildman–Crippen MR) is 111 cm³/mol. The van der Waals surface area contributed by atoms with Crippen molar-refractivity contribution in [2.75, 3.05) is 27.4 Å². The summed E-state index contributed by atoms with van der Waals surface area (Å²) in [7, 11) is 2.34. The van der Waals surface area contributed by atoms with Crippen LogP contribution in [0.25, 0.3) is 0 Å². The first kappa shape index (κ1) is 27.3. The summed E-state index contributed by atoms with van der Waals surface area (Å²) in [6, 6.07) is 10.3. The van der Waals surface area contributed by atoms with E-state index in [2.05, 4.69) is 18.9 Å². The smallest absolute Gasteiger partial charge is 0.344 e. The predicted octanol–water partition coefficient (Wildman–Crippen LogP) is 1.43. The second-order valence-corrected chi connectivity index (χ2v) is 6.07. The molecule has 2 rings (SSSR count). The Morgan fingerprint density at radius 2 is 0.824 bits per heavy atom. The highest BCUT2D eigenvalue weighted by molar-refractivity contribution is 5.94. The molecule has 0 aliphatic carbocycles. The summed E-state index contributed by atoms with van der Waals surface area (Å²) in [4.78, 5) is 65.5. The van der Waals surface area contributed by atoms with E-state index >= 15 is 0 Å². The maximum absolute atomic E-state index is 11.6. The minimum Gasteiger partial charge on any atom is -0.478 e. The molecule has 180 valence electrons. The zero-order valence-electron chi connectivity index (χ0n) is 18.0. The van der Waals surface area contributed by atoms with Crippen molar-refractivity contribution in [1.82, 2.24) is 0 Å². The molecule has 0 amide bonds. The van der Waals surface area contributed by atoms with Crippen molar-refractivity contribution >= 4 is 35.8 Å². The molecule has 0 saturated heterocycles. The number of rotatable bonds is 8. The molecule has 0 saturated carbocycles. The van der Waals surface area contributed by atoms with Crippen LogP contribution < -0.4 is 0 Å². The van der Waals surface area contributed by atoms with Crippen molar-refractivity contribution in [1.29, 1.82) is 0 Å². The number of aromatic carboxylic acids is 2. The Bertz CT molecular complexity index is 955. The van der Waals surface area contributed by atoms with Crippen LogP contribution in [0.2, 0.25) is 0 Å². The lowest BCUT2D eigenvalue weighted by Crippen LogP contribution is -2.16. The van der Waals surface area contributed by atoms with Crippen LogP contribution in [0.15, 0.2) is 48.5 Å². The van der Waals surface area contributed by atoms with Crippen molar-refractivity contribution in [3.05, 3.63) is 70.8 Å². The highest BCUT2D eigenvalue weighted by Crippen LogP contribution is 2.08. The van der Waals surface area contributed by atoms with Crippen LogP contribution in [0.5, 0.6) is 0 Å². The van der Waals surface area contributed by atoms with Gasteiger partial charge in [0.15, 0.2) is 13.2 Å². The van der Waals surface area contributed by atoms with Gasteiger partial charge >= 0.3 is 35.8 Å². The first-order valence-electron chi connectivity index (χ1n) is 9.23. The van der Waals surface area contributed by atoms with Gasteiger partial charge in [-0.2, -0.15) is 0 Å². The van der Waals surface area contributed by atoms with E-state index in [0.29, 0.717) is 0 Å². The van der Waals surface area contributed by atoms with E-state index in [0.717, 1.165) is 0 Å². The van der Waals surface area contributed by atoms with Gasteiger partial charge in [0.1, 0.15) is 0 Å². The highest BCUT2D eigenvalue weighted by atomic mass is 16.6. The number of carbonyl (C=O) groups is 6. The van der Waals surface area contributed by atoms with Crippen LogP contribution in [0.3, 0.4) is 0 Å². The van der Waals surface area contributed by atoms with Gasteiger partial charge in [0.2, 0.25) is 0 Å². The number of carboxylic acid groups (broad SMARTS) is 2. The maximum Gasteiger partial charge on any atom is 0.344 e. The van der Waals surface area contributed by atoms with Crippen LogP contribution in [-0.4, -0.2) is 73.5 Å². The van der Waals surface area contributed by atoms with Crippen molar-refractivity contribution in [2.24, 2.45) is 0 Å². The number of benzene rings is 2. The molecule has 0 aliphatic heterocycles. The van der Waals surface area contributed by atoms with Crippen LogP contribution in [0.4, 0.5) is 0 Å². The Morgan fingerprint density at radius 3 is 1.06 bits per heavy atom. The Morgan fingerprint density at radius 1 is 0.559 bits per heavy atom. The van der Waals surface area contributed by atoms with E-state index in [1.54, 1.807) is 0 Å². The SMILES string of the molecule is COC(=O)COC(=O)c1ccc(C(=O)OCC(=O)OC)cc1.O=C(O)c1ccc(C(=O)O)cc1. The molecule has 0 spiro atoms. The van der Waals surface area contributed by atoms with Gasteiger partial charge in [0, 0.05) is 0 Å². The lowest BCUT2D eigenvalue weighted by molar-refractivity contribution is -0.144. The Balaban J connectivity index is 0.000000404. The van der Waals surface area contributed by atoms with Crippen LogP contribution in [-0.2, 0) is 28.5 Å². The minimum atomic E-state index is -1.06. The number of carbonyl (C=O) groups excluding carboxylic acids is 4. The van der Waals surface area contributed by atoms with Crippen molar-refractivity contribution in [2.45, 2.75) is 0 Å². The fourth-order valence-electron chi connectivity index (χ4n) is 2.03. The summed E-state index contributed by atoms with van der Waals surface area (Å²) < 4.78 is 18.0. The summed E-state index contributed by atoms with van der Waals surface area (Å²) in [5.41, 5.74) is 0.460. The normalized spacial score (nSPS) is 9.47. The molecule has 2 N–H and O–H groups in total. The Kier molecular flexibility index (Phi) is 10.9. The van der Waals surface area contributed by atoms with Gasteiger partial charge in [-0.1, -0.05) is 0 Å². The van der Waals surface area contributed by atoms with Gasteiger partial charge in [-0.25, -0.2) is 28.8 Å². The number of esters is 4. The van der Waals surface area contributed by atoms with Gasteiger partial charge in [-0.05, 0) is 48.5 Å². The zero-order chi connectivity index (χ0) is 25.7. The maximum atomic E-state index is 11.6. The van der Waals surface area contributed by atoms with Gasteiger partial charge in [0.25, 0.3) is 0 Å². The van der Waals surface area contributed by atoms with Crippen LogP contribution >= 0.6 is 0 Å². The molecule has 0 radical (unpaired) electrons. The molecule has 0 aromatic heterocycles. The molecule has 12 heteroatoms. The third kappa shape index (κ3) is 9.18. The zero-order valence-corrected chi connectivity index (χ0v) is 18.0. The molecule has 0 unspecified atom stereocenters. The highest BCUT2D eigenvalue weighted by Gasteiger charge is 2.13. The third-order valence-corrected chi connectivity index (χ3v) is 3.83. The number of methoxy groups -OCH3 is 2. The third-order valence-electron chi connectivity index (χ3n) is 3.83. The number of ether oxygens (including phenoxy) is 4. The van der Waals surface area contributed by atoms with E-state index in [1.165, 1.54) is 62.8 Å². The topological polar surface area (TPSA) is 180 Å². The molecule has 12 nitrogen and oxygen atoms in total. The summed E-state index contributed by atoms with van der Waals surface area (Å²) in [5, 5.41) is 16.9. The van der Waals surface area contributed by atoms with E-state index < -0.39 is 49.0 Å². The first-order valence-corrected chi connectivity index (χ1v) is 9.23. The molecule has 2 aromatic carbocycles. The van der Waals surface area contributed by atoms with Gasteiger partial charge in [-0.3, -0.25) is 0 Å². The molecular formula is C22H20O12. The molecule has 0 bridgehead atoms. The fourth-order valence-corrected chi connectivity index (χ4v) is 2.03. The van der Waals surface area contributed by atoms with E-state index in [9.17, 15) is 28.8 Å².